The van der Waals surface area contributed by atoms with Gasteiger partial charge in [-0.1, -0.05) is 19.1 Å². The zero-order chi connectivity index (χ0) is 14.4. The van der Waals surface area contributed by atoms with Crippen molar-refractivity contribution in [2.45, 2.75) is 38.8 Å². The molecule has 0 N–H and O–H groups in total. The quantitative estimate of drug-likeness (QED) is 0.794. The first-order chi connectivity index (χ1) is 9.69. The third-order valence-corrected chi connectivity index (χ3v) is 4.14. The maximum Gasteiger partial charge on any atom is 0.119 e. The van der Waals surface area contributed by atoms with Gasteiger partial charge in [-0.2, -0.15) is 0 Å². The van der Waals surface area contributed by atoms with Gasteiger partial charge in [-0.05, 0) is 64.1 Å². The highest BCUT2D eigenvalue weighted by Gasteiger charge is 2.20. The standard InChI is InChI=1S/C17H28N2O/c1-4-13-20-17-7-5-15(6-8-17)14-19(3)16-9-11-18(2)12-10-16/h5-8,16H,4,9-14H2,1-3H3. The van der Waals surface area contributed by atoms with Crippen LogP contribution in [0.1, 0.15) is 31.7 Å². The molecule has 1 aliphatic rings. The number of rotatable bonds is 6. The molecule has 1 aliphatic heterocycles. The molecule has 1 aromatic rings. The van der Waals surface area contributed by atoms with Crippen molar-refractivity contribution in [3.05, 3.63) is 29.8 Å². The maximum atomic E-state index is 5.62. The monoisotopic (exact) mass is 276 g/mol. The molecule has 0 atom stereocenters. The molecular formula is C17H28N2O. The van der Waals surface area contributed by atoms with Crippen LogP contribution in [0.2, 0.25) is 0 Å². The van der Waals surface area contributed by atoms with Gasteiger partial charge in [-0.15, -0.1) is 0 Å². The first-order valence-corrected chi connectivity index (χ1v) is 7.79. The first kappa shape index (κ1) is 15.3. The fourth-order valence-corrected chi connectivity index (χ4v) is 2.76. The van der Waals surface area contributed by atoms with Crippen molar-refractivity contribution in [1.29, 1.82) is 0 Å². The second kappa shape index (κ2) is 7.65. The van der Waals surface area contributed by atoms with E-state index in [1.807, 2.05) is 0 Å². The van der Waals surface area contributed by atoms with Gasteiger partial charge in [0.1, 0.15) is 5.75 Å². The Hall–Kier alpha value is -1.06. The third kappa shape index (κ3) is 4.50. The predicted octanol–water partition coefficient (Wildman–Crippen LogP) is 3.00. The molecule has 20 heavy (non-hydrogen) atoms. The van der Waals surface area contributed by atoms with Gasteiger partial charge in [0.15, 0.2) is 0 Å². The summed E-state index contributed by atoms with van der Waals surface area (Å²) in [4.78, 5) is 4.92. The molecule has 0 amide bonds. The van der Waals surface area contributed by atoms with Crippen molar-refractivity contribution in [1.82, 2.24) is 9.80 Å². The highest BCUT2D eigenvalue weighted by molar-refractivity contribution is 5.27. The zero-order valence-electron chi connectivity index (χ0n) is 13.1. The molecule has 3 nitrogen and oxygen atoms in total. The van der Waals surface area contributed by atoms with E-state index in [4.69, 9.17) is 4.74 Å². The molecule has 0 saturated carbocycles. The van der Waals surface area contributed by atoms with Crippen LogP contribution in [0.5, 0.6) is 5.75 Å². The number of benzene rings is 1. The lowest BCUT2D eigenvalue weighted by molar-refractivity contribution is 0.139. The van der Waals surface area contributed by atoms with Crippen LogP contribution in [-0.4, -0.2) is 49.6 Å². The van der Waals surface area contributed by atoms with E-state index in [1.165, 1.54) is 31.5 Å². The molecule has 1 heterocycles. The van der Waals surface area contributed by atoms with E-state index >= 15 is 0 Å². The molecular weight excluding hydrogens is 248 g/mol. The van der Waals surface area contributed by atoms with Crippen LogP contribution in [0, 0.1) is 0 Å². The van der Waals surface area contributed by atoms with Crippen LogP contribution >= 0.6 is 0 Å². The lowest BCUT2D eigenvalue weighted by atomic mass is 10.0. The van der Waals surface area contributed by atoms with E-state index in [1.54, 1.807) is 0 Å². The average Bonchev–Trinajstić information content (AvgIpc) is 2.47. The molecule has 0 aliphatic carbocycles. The zero-order valence-corrected chi connectivity index (χ0v) is 13.1. The minimum Gasteiger partial charge on any atom is -0.494 e. The topological polar surface area (TPSA) is 15.7 Å². The second-order valence-electron chi connectivity index (χ2n) is 5.94. The fourth-order valence-electron chi connectivity index (χ4n) is 2.76. The van der Waals surface area contributed by atoms with Gasteiger partial charge in [-0.25, -0.2) is 0 Å². The molecule has 0 bridgehead atoms. The first-order valence-electron chi connectivity index (χ1n) is 7.79. The van der Waals surface area contributed by atoms with Crippen LogP contribution in [0.4, 0.5) is 0 Å². The van der Waals surface area contributed by atoms with Gasteiger partial charge in [0.05, 0.1) is 6.61 Å². The van der Waals surface area contributed by atoms with E-state index in [0.29, 0.717) is 0 Å². The third-order valence-electron chi connectivity index (χ3n) is 4.14. The molecule has 0 radical (unpaired) electrons. The summed E-state index contributed by atoms with van der Waals surface area (Å²) in [5.74, 6) is 0.984. The SMILES string of the molecule is CCCOc1ccc(CN(C)C2CCN(C)CC2)cc1. The van der Waals surface area contributed by atoms with E-state index < -0.39 is 0 Å². The molecule has 0 unspecified atom stereocenters. The number of ether oxygens (including phenoxy) is 1. The number of likely N-dealkylation sites (tertiary alicyclic amines) is 1. The molecule has 0 aromatic heterocycles. The lowest BCUT2D eigenvalue weighted by Crippen LogP contribution is -2.41. The van der Waals surface area contributed by atoms with Gasteiger partial charge >= 0.3 is 0 Å². The predicted molar refractivity (Wildman–Crippen MR) is 84.2 cm³/mol. The van der Waals surface area contributed by atoms with Gasteiger partial charge in [0, 0.05) is 12.6 Å². The van der Waals surface area contributed by atoms with Crippen molar-refractivity contribution >= 4 is 0 Å². The summed E-state index contributed by atoms with van der Waals surface area (Å²) >= 11 is 0. The summed E-state index contributed by atoms with van der Waals surface area (Å²) in [6.07, 6.45) is 3.62. The summed E-state index contributed by atoms with van der Waals surface area (Å²) in [6.45, 7) is 6.40. The van der Waals surface area contributed by atoms with Crippen LogP contribution in [0.25, 0.3) is 0 Å². The highest BCUT2D eigenvalue weighted by atomic mass is 16.5. The van der Waals surface area contributed by atoms with Crippen molar-refractivity contribution in [2.75, 3.05) is 33.8 Å². The molecule has 1 saturated heterocycles. The average molecular weight is 276 g/mol. The smallest absolute Gasteiger partial charge is 0.119 e. The second-order valence-corrected chi connectivity index (χ2v) is 5.94. The van der Waals surface area contributed by atoms with Gasteiger partial charge in [-0.3, -0.25) is 4.90 Å². The number of hydrogen-bond acceptors (Lipinski definition) is 3. The van der Waals surface area contributed by atoms with Crippen LogP contribution in [0.15, 0.2) is 24.3 Å². The Morgan fingerprint density at radius 1 is 1.20 bits per heavy atom. The number of nitrogens with zero attached hydrogens (tertiary/aromatic N) is 2. The molecule has 1 aromatic carbocycles. The van der Waals surface area contributed by atoms with E-state index in [9.17, 15) is 0 Å². The summed E-state index contributed by atoms with van der Waals surface area (Å²) in [5.41, 5.74) is 1.37. The summed E-state index contributed by atoms with van der Waals surface area (Å²) in [5, 5.41) is 0. The molecule has 3 heteroatoms. The van der Waals surface area contributed by atoms with Crippen molar-refractivity contribution in [2.24, 2.45) is 0 Å². The normalized spacial score (nSPS) is 17.6. The van der Waals surface area contributed by atoms with Crippen molar-refractivity contribution in [3.8, 4) is 5.75 Å². The summed E-state index contributed by atoms with van der Waals surface area (Å²) in [7, 11) is 4.46. The molecule has 0 spiro atoms. The van der Waals surface area contributed by atoms with E-state index in [2.05, 4.69) is 55.1 Å². The minimum absolute atomic E-state index is 0.724. The Morgan fingerprint density at radius 2 is 1.85 bits per heavy atom. The Bertz CT molecular complexity index is 382. The lowest BCUT2D eigenvalue weighted by Gasteiger charge is -2.35. The highest BCUT2D eigenvalue weighted by Crippen LogP contribution is 2.18. The maximum absolute atomic E-state index is 5.62. The van der Waals surface area contributed by atoms with E-state index in [-0.39, 0.29) is 0 Å². The Kier molecular flexibility index (Phi) is 5.86. The summed E-state index contributed by atoms with van der Waals surface area (Å²) < 4.78 is 5.62. The van der Waals surface area contributed by atoms with Crippen molar-refractivity contribution < 1.29 is 4.74 Å². The van der Waals surface area contributed by atoms with Crippen LogP contribution in [0.3, 0.4) is 0 Å². The largest absolute Gasteiger partial charge is 0.494 e. The van der Waals surface area contributed by atoms with E-state index in [0.717, 1.165) is 31.4 Å². The number of hydrogen-bond donors (Lipinski definition) is 0. The molecule has 1 fully saturated rings. The van der Waals surface area contributed by atoms with Crippen molar-refractivity contribution in [3.63, 3.8) is 0 Å². The molecule has 112 valence electrons. The van der Waals surface area contributed by atoms with Gasteiger partial charge < -0.3 is 9.64 Å². The van der Waals surface area contributed by atoms with Gasteiger partial charge in [0.25, 0.3) is 0 Å². The summed E-state index contributed by atoms with van der Waals surface area (Å²) in [6, 6.07) is 9.29. The fraction of sp³-hybridized carbons (Fsp3) is 0.647. The van der Waals surface area contributed by atoms with Gasteiger partial charge in [0.2, 0.25) is 0 Å². The Morgan fingerprint density at radius 3 is 2.45 bits per heavy atom. The Balaban J connectivity index is 1.83. The minimum atomic E-state index is 0.724. The van der Waals surface area contributed by atoms with Crippen LogP contribution in [-0.2, 0) is 6.54 Å². The van der Waals surface area contributed by atoms with Crippen LogP contribution < -0.4 is 4.74 Å². The number of piperidine rings is 1. The Labute approximate surface area is 123 Å². The molecule has 2 rings (SSSR count).